The molecule has 1 N–H and O–H groups in total. The second-order valence-corrected chi connectivity index (χ2v) is 8.10. The first-order chi connectivity index (χ1) is 11.9. The largest absolute Gasteiger partial charge is 0.379 e. The Morgan fingerprint density at radius 1 is 1.20 bits per heavy atom. The number of ether oxygens (including phenoxy) is 1. The third-order valence-corrected chi connectivity index (χ3v) is 5.86. The van der Waals surface area contributed by atoms with Crippen LogP contribution in [0, 0.1) is 0 Å². The van der Waals surface area contributed by atoms with Crippen molar-refractivity contribution in [1.29, 1.82) is 0 Å². The third kappa shape index (κ3) is 3.48. The van der Waals surface area contributed by atoms with Gasteiger partial charge in [0, 0.05) is 18.5 Å². The summed E-state index contributed by atoms with van der Waals surface area (Å²) in [6.45, 7) is 4.70. The Balaban J connectivity index is 1.70. The molecule has 6 nitrogen and oxygen atoms in total. The van der Waals surface area contributed by atoms with Gasteiger partial charge in [0.2, 0.25) is 5.91 Å². The minimum absolute atomic E-state index is 0.157. The van der Waals surface area contributed by atoms with Gasteiger partial charge >= 0.3 is 0 Å². The first-order valence-corrected chi connectivity index (χ1v) is 9.78. The van der Waals surface area contributed by atoms with E-state index in [9.17, 15) is 13.2 Å². The van der Waals surface area contributed by atoms with Crippen LogP contribution in [0.25, 0.3) is 10.8 Å². The highest BCUT2D eigenvalue weighted by Gasteiger charge is 2.36. The third-order valence-electron chi connectivity index (χ3n) is 4.06. The number of nitrogens with one attached hydrogen (secondary N) is 1. The van der Waals surface area contributed by atoms with Gasteiger partial charge in [-0.15, -0.1) is 0 Å². The predicted octanol–water partition coefficient (Wildman–Crippen LogP) is 2.28. The zero-order chi connectivity index (χ0) is 18.0. The molecule has 25 heavy (non-hydrogen) atoms. The topological polar surface area (TPSA) is 75.7 Å². The normalized spacial score (nSPS) is 15.1. The van der Waals surface area contributed by atoms with Gasteiger partial charge in [-0.1, -0.05) is 24.3 Å². The summed E-state index contributed by atoms with van der Waals surface area (Å²) in [6, 6.07) is 10.6. The molecule has 0 fully saturated rings. The zero-order valence-electron chi connectivity index (χ0n) is 14.4. The fraction of sp³-hybridized carbons (Fsp3) is 0.389. The summed E-state index contributed by atoms with van der Waals surface area (Å²) >= 11 is 0. The Hall–Kier alpha value is -2.12. The lowest BCUT2D eigenvalue weighted by molar-refractivity contribution is -0.119. The average Bonchev–Trinajstić information content (AvgIpc) is 2.78. The van der Waals surface area contributed by atoms with Crippen LogP contribution in [0.2, 0.25) is 0 Å². The van der Waals surface area contributed by atoms with Crippen molar-refractivity contribution < 1.29 is 17.9 Å². The molecule has 0 saturated heterocycles. The monoisotopic (exact) mass is 362 g/mol. The van der Waals surface area contributed by atoms with Gasteiger partial charge in [0.15, 0.2) is 0 Å². The molecule has 0 unspecified atom stereocenters. The molecule has 0 saturated carbocycles. The molecule has 134 valence electrons. The number of carbonyl (C=O) groups excluding carboxylic acids is 1. The first kappa shape index (κ1) is 17.7. The zero-order valence-corrected chi connectivity index (χ0v) is 15.2. The molecular formula is C18H22N2O4S. The molecule has 3 rings (SSSR count). The van der Waals surface area contributed by atoms with Crippen molar-refractivity contribution in [1.82, 2.24) is 5.32 Å². The highest BCUT2D eigenvalue weighted by atomic mass is 32.2. The molecule has 7 heteroatoms. The van der Waals surface area contributed by atoms with Crippen LogP contribution in [0.4, 0.5) is 5.69 Å². The van der Waals surface area contributed by atoms with E-state index in [1.54, 1.807) is 24.3 Å². The summed E-state index contributed by atoms with van der Waals surface area (Å²) in [5.74, 6) is -0.321. The van der Waals surface area contributed by atoms with Crippen LogP contribution < -0.4 is 9.62 Å². The van der Waals surface area contributed by atoms with Crippen LogP contribution >= 0.6 is 0 Å². The predicted molar refractivity (Wildman–Crippen MR) is 97.2 cm³/mol. The second-order valence-electron chi connectivity index (χ2n) is 6.27. The molecule has 2 aromatic rings. The fourth-order valence-corrected chi connectivity index (χ4v) is 4.60. The van der Waals surface area contributed by atoms with Crippen LogP contribution in [0.15, 0.2) is 41.3 Å². The van der Waals surface area contributed by atoms with Gasteiger partial charge in [-0.2, -0.15) is 0 Å². The molecule has 0 radical (unpaired) electrons. The Morgan fingerprint density at radius 2 is 1.92 bits per heavy atom. The summed E-state index contributed by atoms with van der Waals surface area (Å²) in [5, 5.41) is 4.29. The summed E-state index contributed by atoms with van der Waals surface area (Å²) < 4.78 is 32.2. The van der Waals surface area contributed by atoms with Gasteiger partial charge in [-0.05, 0) is 37.8 Å². The summed E-state index contributed by atoms with van der Waals surface area (Å²) in [7, 11) is -3.69. The van der Waals surface area contributed by atoms with Crippen molar-refractivity contribution in [2.45, 2.75) is 31.3 Å². The van der Waals surface area contributed by atoms with Crippen LogP contribution in [-0.2, 0) is 19.6 Å². The molecule has 0 aliphatic carbocycles. The number of carbonyl (C=O) groups is 1. The van der Waals surface area contributed by atoms with Crippen molar-refractivity contribution in [2.24, 2.45) is 0 Å². The lowest BCUT2D eigenvalue weighted by Gasteiger charge is -2.18. The Labute approximate surface area is 147 Å². The quantitative estimate of drug-likeness (QED) is 0.767. The maximum atomic E-state index is 12.8. The van der Waals surface area contributed by atoms with Gasteiger partial charge in [-0.25, -0.2) is 8.42 Å². The van der Waals surface area contributed by atoms with E-state index in [0.29, 0.717) is 30.6 Å². The number of anilines is 1. The fourth-order valence-electron chi connectivity index (χ4n) is 2.93. The lowest BCUT2D eigenvalue weighted by atomic mass is 10.1. The van der Waals surface area contributed by atoms with Gasteiger partial charge in [-0.3, -0.25) is 9.10 Å². The van der Waals surface area contributed by atoms with Crippen LogP contribution in [0.5, 0.6) is 0 Å². The van der Waals surface area contributed by atoms with Crippen LogP contribution in [-0.4, -0.2) is 40.1 Å². The van der Waals surface area contributed by atoms with Crippen molar-refractivity contribution in [3.05, 3.63) is 36.4 Å². The molecule has 1 aliphatic rings. The van der Waals surface area contributed by atoms with E-state index in [2.05, 4.69) is 5.32 Å². The van der Waals surface area contributed by atoms with Crippen LogP contribution in [0.3, 0.4) is 0 Å². The van der Waals surface area contributed by atoms with E-state index < -0.39 is 10.0 Å². The summed E-state index contributed by atoms with van der Waals surface area (Å²) in [6.07, 6.45) is 0.844. The Morgan fingerprint density at radius 3 is 2.64 bits per heavy atom. The molecule has 0 aromatic heterocycles. The number of nitrogens with zero attached hydrogens (tertiary/aromatic N) is 1. The number of hydrogen-bond donors (Lipinski definition) is 1. The molecule has 0 atom stereocenters. The molecule has 2 aromatic carbocycles. The number of benzene rings is 2. The highest BCUT2D eigenvalue weighted by Crippen LogP contribution is 2.41. The molecule has 1 aliphatic heterocycles. The second kappa shape index (κ2) is 7.01. The maximum Gasteiger partial charge on any atom is 0.265 e. The van der Waals surface area contributed by atoms with Gasteiger partial charge in [0.1, 0.15) is 6.54 Å². The van der Waals surface area contributed by atoms with E-state index in [4.69, 9.17) is 4.74 Å². The maximum absolute atomic E-state index is 12.8. The van der Waals surface area contributed by atoms with Crippen molar-refractivity contribution >= 4 is 32.4 Å². The number of rotatable bonds is 7. The standard InChI is InChI=1S/C18H22N2O4S/c1-13(2)24-11-5-10-19-17(21)12-20-15-8-3-6-14-7-4-9-16(18(14)15)25(20,22)23/h3-4,6-9,13H,5,10-12H2,1-2H3,(H,19,21). The van der Waals surface area contributed by atoms with Gasteiger partial charge in [0.05, 0.1) is 16.7 Å². The Bertz CT molecular complexity index is 888. The van der Waals surface area contributed by atoms with Gasteiger partial charge in [0.25, 0.3) is 10.0 Å². The smallest absolute Gasteiger partial charge is 0.265 e. The van der Waals surface area contributed by atoms with E-state index in [-0.39, 0.29) is 23.5 Å². The van der Waals surface area contributed by atoms with Crippen molar-refractivity contribution in [3.8, 4) is 0 Å². The molecular weight excluding hydrogens is 340 g/mol. The summed E-state index contributed by atoms with van der Waals surface area (Å²) in [5.41, 5.74) is 0.561. The van der Waals surface area contributed by atoms with E-state index in [1.807, 2.05) is 26.0 Å². The van der Waals surface area contributed by atoms with Crippen LogP contribution in [0.1, 0.15) is 20.3 Å². The van der Waals surface area contributed by atoms with Crippen molar-refractivity contribution in [2.75, 3.05) is 24.0 Å². The average molecular weight is 362 g/mol. The van der Waals surface area contributed by atoms with E-state index in [1.165, 1.54) is 4.31 Å². The summed E-state index contributed by atoms with van der Waals surface area (Å²) in [4.78, 5) is 12.5. The SMILES string of the molecule is CC(C)OCCCNC(=O)CN1c2cccc3cccc(c23)S1(=O)=O. The molecule has 1 heterocycles. The first-order valence-electron chi connectivity index (χ1n) is 8.34. The number of hydrogen-bond acceptors (Lipinski definition) is 4. The minimum Gasteiger partial charge on any atom is -0.379 e. The minimum atomic E-state index is -3.69. The highest BCUT2D eigenvalue weighted by molar-refractivity contribution is 7.93. The van der Waals surface area contributed by atoms with Crippen molar-refractivity contribution in [3.63, 3.8) is 0 Å². The lowest BCUT2D eigenvalue weighted by Crippen LogP contribution is -2.39. The van der Waals surface area contributed by atoms with E-state index in [0.717, 1.165) is 5.39 Å². The van der Waals surface area contributed by atoms with E-state index >= 15 is 0 Å². The van der Waals surface area contributed by atoms with Gasteiger partial charge < -0.3 is 10.1 Å². The number of sulfonamides is 1. The molecule has 0 spiro atoms. The molecule has 0 bridgehead atoms. The number of amides is 1. The Kier molecular flexibility index (Phi) is 4.96. The molecule has 1 amide bonds.